The van der Waals surface area contributed by atoms with E-state index in [2.05, 4.69) is 32.5 Å². The third kappa shape index (κ3) is 4.70. The number of hydrazone groups is 1. The second kappa shape index (κ2) is 9.01. The van der Waals surface area contributed by atoms with Crippen LogP contribution in [0, 0.1) is 0 Å². The van der Waals surface area contributed by atoms with E-state index < -0.39 is 0 Å². The molecule has 3 aromatic carbocycles. The van der Waals surface area contributed by atoms with Crippen LogP contribution in [0.1, 0.15) is 5.56 Å². The van der Waals surface area contributed by atoms with Gasteiger partial charge in [0, 0.05) is 37.0 Å². The predicted molar refractivity (Wildman–Crippen MR) is 125 cm³/mol. The van der Waals surface area contributed by atoms with Crippen molar-refractivity contribution in [2.24, 2.45) is 5.10 Å². The topological polar surface area (TPSA) is 53.4 Å². The Morgan fingerprint density at radius 1 is 0.767 bits per heavy atom. The highest BCUT2D eigenvalue weighted by Gasteiger charge is 2.08. The van der Waals surface area contributed by atoms with Crippen molar-refractivity contribution in [3.63, 3.8) is 0 Å². The van der Waals surface area contributed by atoms with E-state index >= 15 is 0 Å². The Morgan fingerprint density at radius 2 is 1.40 bits per heavy atom. The van der Waals surface area contributed by atoms with E-state index in [4.69, 9.17) is 4.98 Å². The Morgan fingerprint density at radius 3 is 2.03 bits per heavy atom. The maximum Gasteiger partial charge on any atom is 0.162 e. The summed E-state index contributed by atoms with van der Waals surface area (Å²) in [5.74, 6) is 1.30. The maximum absolute atomic E-state index is 4.76. The molecule has 0 saturated heterocycles. The van der Waals surface area contributed by atoms with E-state index in [9.17, 15) is 0 Å². The lowest BCUT2D eigenvalue weighted by molar-refractivity contribution is 1.13. The van der Waals surface area contributed by atoms with Crippen molar-refractivity contribution in [2.45, 2.75) is 0 Å². The molecule has 0 aliphatic carbocycles. The van der Waals surface area contributed by atoms with Crippen molar-refractivity contribution in [3.05, 3.63) is 96.6 Å². The first-order chi connectivity index (χ1) is 14.7. The fourth-order valence-electron chi connectivity index (χ4n) is 3.01. The Labute approximate surface area is 176 Å². The molecule has 0 atom stereocenters. The first-order valence-corrected chi connectivity index (χ1v) is 9.75. The Hall–Kier alpha value is -3.99. The first kappa shape index (κ1) is 19.3. The molecular formula is C25H23N5. The highest BCUT2D eigenvalue weighted by molar-refractivity contribution is 5.81. The Kier molecular flexibility index (Phi) is 5.80. The minimum Gasteiger partial charge on any atom is -0.378 e. The van der Waals surface area contributed by atoms with Crippen molar-refractivity contribution in [1.29, 1.82) is 0 Å². The van der Waals surface area contributed by atoms with Gasteiger partial charge in [0.05, 0.1) is 11.9 Å². The first-order valence-electron chi connectivity index (χ1n) is 9.75. The Balaban J connectivity index is 1.62. The van der Waals surface area contributed by atoms with Gasteiger partial charge in [-0.1, -0.05) is 72.8 Å². The number of nitrogens with zero attached hydrogens (tertiary/aromatic N) is 4. The van der Waals surface area contributed by atoms with E-state index in [0.29, 0.717) is 11.6 Å². The SMILES string of the molecule is CN(C)c1ccc(/C=N\Nc2cc(-c3ccccc3)nc(-c3ccccc3)n2)cc1. The summed E-state index contributed by atoms with van der Waals surface area (Å²) in [6.45, 7) is 0. The fraction of sp³-hybridized carbons (Fsp3) is 0.0800. The number of rotatable bonds is 6. The van der Waals surface area contributed by atoms with Gasteiger partial charge in [0.15, 0.2) is 11.6 Å². The minimum atomic E-state index is 0.642. The van der Waals surface area contributed by atoms with Crippen LogP contribution < -0.4 is 10.3 Å². The molecule has 0 radical (unpaired) electrons. The zero-order valence-electron chi connectivity index (χ0n) is 17.0. The summed E-state index contributed by atoms with van der Waals surface area (Å²) in [7, 11) is 4.04. The van der Waals surface area contributed by atoms with Gasteiger partial charge in [0.1, 0.15) is 0 Å². The van der Waals surface area contributed by atoms with Gasteiger partial charge in [0.2, 0.25) is 0 Å². The van der Waals surface area contributed by atoms with Gasteiger partial charge in [-0.3, -0.25) is 5.43 Å². The Bertz CT molecular complexity index is 1060. The summed E-state index contributed by atoms with van der Waals surface area (Å²) >= 11 is 0. The standard InChI is InChI=1S/C25H23N5/c1-30(2)22-15-13-19(14-16-22)18-26-29-24-17-23(20-9-5-3-6-10-20)27-25(28-24)21-11-7-4-8-12-21/h3-18H,1-2H3,(H,27,28,29)/b26-18-. The molecule has 30 heavy (non-hydrogen) atoms. The summed E-state index contributed by atoms with van der Waals surface area (Å²) < 4.78 is 0. The normalized spacial score (nSPS) is 10.9. The molecule has 0 unspecified atom stereocenters. The molecule has 5 heteroatoms. The lowest BCUT2D eigenvalue weighted by Crippen LogP contribution is -2.08. The summed E-state index contributed by atoms with van der Waals surface area (Å²) in [6.07, 6.45) is 1.78. The summed E-state index contributed by atoms with van der Waals surface area (Å²) in [5, 5.41) is 4.38. The van der Waals surface area contributed by atoms with Crippen LogP contribution in [0.2, 0.25) is 0 Å². The molecule has 0 saturated carbocycles. The monoisotopic (exact) mass is 393 g/mol. The van der Waals surface area contributed by atoms with Crippen LogP contribution in [0.25, 0.3) is 22.6 Å². The molecule has 4 rings (SSSR count). The van der Waals surface area contributed by atoms with Crippen molar-refractivity contribution in [3.8, 4) is 22.6 Å². The van der Waals surface area contributed by atoms with Crippen LogP contribution in [0.15, 0.2) is 96.1 Å². The maximum atomic E-state index is 4.76. The lowest BCUT2D eigenvalue weighted by Gasteiger charge is -2.11. The minimum absolute atomic E-state index is 0.642. The van der Waals surface area contributed by atoms with Crippen LogP contribution in [0.5, 0.6) is 0 Å². The highest BCUT2D eigenvalue weighted by atomic mass is 15.3. The summed E-state index contributed by atoms with van der Waals surface area (Å²) in [4.78, 5) is 11.5. The molecule has 0 fully saturated rings. The molecule has 0 aliphatic rings. The van der Waals surface area contributed by atoms with Crippen LogP contribution in [0.3, 0.4) is 0 Å². The molecule has 148 valence electrons. The number of anilines is 2. The van der Waals surface area contributed by atoms with Gasteiger partial charge in [0.25, 0.3) is 0 Å². The van der Waals surface area contributed by atoms with Gasteiger partial charge in [-0.2, -0.15) is 5.10 Å². The van der Waals surface area contributed by atoms with E-state index in [1.54, 1.807) is 6.21 Å². The van der Waals surface area contributed by atoms with Gasteiger partial charge in [-0.25, -0.2) is 9.97 Å². The van der Waals surface area contributed by atoms with Crippen LogP contribution >= 0.6 is 0 Å². The quantitative estimate of drug-likeness (QED) is 0.356. The molecule has 0 spiro atoms. The van der Waals surface area contributed by atoms with E-state index in [0.717, 1.165) is 28.1 Å². The van der Waals surface area contributed by atoms with Gasteiger partial charge < -0.3 is 4.90 Å². The van der Waals surface area contributed by atoms with Crippen molar-refractivity contribution >= 4 is 17.7 Å². The predicted octanol–water partition coefficient (Wildman–Crippen LogP) is 5.32. The average Bonchev–Trinajstić information content (AvgIpc) is 2.80. The number of nitrogens with one attached hydrogen (secondary N) is 1. The molecule has 4 aromatic rings. The number of benzene rings is 3. The molecule has 1 aromatic heterocycles. The van der Waals surface area contributed by atoms with Gasteiger partial charge >= 0.3 is 0 Å². The third-order valence-electron chi connectivity index (χ3n) is 4.63. The molecule has 5 nitrogen and oxygen atoms in total. The second-order valence-corrected chi connectivity index (χ2v) is 7.05. The summed E-state index contributed by atoms with van der Waals surface area (Å²) in [6, 6.07) is 30.1. The van der Waals surface area contributed by atoms with Gasteiger partial charge in [-0.05, 0) is 17.7 Å². The average molecular weight is 393 g/mol. The van der Waals surface area contributed by atoms with E-state index in [-0.39, 0.29) is 0 Å². The van der Waals surface area contributed by atoms with Crippen LogP contribution in [-0.2, 0) is 0 Å². The highest BCUT2D eigenvalue weighted by Crippen LogP contribution is 2.24. The molecule has 0 bridgehead atoms. The van der Waals surface area contributed by atoms with Crippen LogP contribution in [0.4, 0.5) is 11.5 Å². The third-order valence-corrected chi connectivity index (χ3v) is 4.63. The number of aromatic nitrogens is 2. The smallest absolute Gasteiger partial charge is 0.162 e. The zero-order chi connectivity index (χ0) is 20.8. The molecule has 0 aliphatic heterocycles. The van der Waals surface area contributed by atoms with E-state index in [1.807, 2.05) is 93.0 Å². The molecule has 1 heterocycles. The molecular weight excluding hydrogens is 370 g/mol. The number of hydrogen-bond acceptors (Lipinski definition) is 5. The molecule has 0 amide bonds. The summed E-state index contributed by atoms with van der Waals surface area (Å²) in [5.41, 5.74) is 8.05. The largest absolute Gasteiger partial charge is 0.378 e. The second-order valence-electron chi connectivity index (χ2n) is 7.05. The number of hydrogen-bond donors (Lipinski definition) is 1. The van der Waals surface area contributed by atoms with Crippen molar-refractivity contribution in [2.75, 3.05) is 24.4 Å². The van der Waals surface area contributed by atoms with Crippen LogP contribution in [-0.4, -0.2) is 30.3 Å². The zero-order valence-corrected chi connectivity index (χ0v) is 17.0. The van der Waals surface area contributed by atoms with Gasteiger partial charge in [-0.15, -0.1) is 0 Å². The lowest BCUT2D eigenvalue weighted by atomic mass is 10.1. The van der Waals surface area contributed by atoms with Crippen molar-refractivity contribution < 1.29 is 0 Å². The van der Waals surface area contributed by atoms with E-state index in [1.165, 1.54) is 0 Å². The fourth-order valence-corrected chi connectivity index (χ4v) is 3.01. The molecule has 1 N–H and O–H groups in total. The van der Waals surface area contributed by atoms with Crippen molar-refractivity contribution in [1.82, 2.24) is 9.97 Å².